The molecule has 1 aromatic heterocycles. The Bertz CT molecular complexity index is 911. The highest BCUT2D eigenvalue weighted by Gasteiger charge is 2.11. The molecule has 1 fully saturated rings. The standard InChI is InChI=1S/C22H24N4S/c1-17-14-20(26-12-6-3-7-13-26)11-10-19(17)15-23-25-22-24-21(16-27-22)18-8-4-2-5-9-18/h2,4-5,8-11,14-16H,3,6-7,12-13H2,1H3,(H,24,25). The molecule has 138 valence electrons. The summed E-state index contributed by atoms with van der Waals surface area (Å²) in [7, 11) is 0. The summed E-state index contributed by atoms with van der Waals surface area (Å²) >= 11 is 1.56. The molecule has 1 aliphatic heterocycles. The number of thiazole rings is 1. The first-order chi connectivity index (χ1) is 13.3. The van der Waals surface area contributed by atoms with Crippen molar-refractivity contribution in [1.82, 2.24) is 4.98 Å². The number of aryl methyl sites for hydroxylation is 1. The normalized spacial score (nSPS) is 14.6. The van der Waals surface area contributed by atoms with Crippen LogP contribution in [0.3, 0.4) is 0 Å². The van der Waals surface area contributed by atoms with Gasteiger partial charge in [0.2, 0.25) is 5.13 Å². The lowest BCUT2D eigenvalue weighted by Gasteiger charge is -2.29. The fourth-order valence-corrected chi connectivity index (χ4v) is 4.05. The van der Waals surface area contributed by atoms with Crippen LogP contribution in [0.5, 0.6) is 0 Å². The molecule has 27 heavy (non-hydrogen) atoms. The van der Waals surface area contributed by atoms with E-state index in [1.165, 1.54) is 43.6 Å². The van der Waals surface area contributed by atoms with Crippen molar-refractivity contribution in [3.63, 3.8) is 0 Å². The van der Waals surface area contributed by atoms with Crippen molar-refractivity contribution in [2.45, 2.75) is 26.2 Å². The van der Waals surface area contributed by atoms with Crippen LogP contribution < -0.4 is 10.3 Å². The monoisotopic (exact) mass is 376 g/mol. The molecule has 0 atom stereocenters. The molecule has 0 bridgehead atoms. The van der Waals surface area contributed by atoms with Crippen molar-refractivity contribution < 1.29 is 0 Å². The van der Waals surface area contributed by atoms with Crippen molar-refractivity contribution in [3.05, 3.63) is 65.0 Å². The number of piperidine rings is 1. The zero-order chi connectivity index (χ0) is 18.5. The van der Waals surface area contributed by atoms with E-state index < -0.39 is 0 Å². The first kappa shape index (κ1) is 17.7. The van der Waals surface area contributed by atoms with E-state index in [9.17, 15) is 0 Å². The maximum absolute atomic E-state index is 4.60. The highest BCUT2D eigenvalue weighted by Crippen LogP contribution is 2.25. The first-order valence-electron chi connectivity index (χ1n) is 9.45. The van der Waals surface area contributed by atoms with Gasteiger partial charge in [-0.15, -0.1) is 11.3 Å². The van der Waals surface area contributed by atoms with Gasteiger partial charge in [-0.1, -0.05) is 36.4 Å². The topological polar surface area (TPSA) is 40.5 Å². The number of aromatic nitrogens is 1. The van der Waals surface area contributed by atoms with Crippen LogP contribution in [0.25, 0.3) is 11.3 Å². The van der Waals surface area contributed by atoms with Gasteiger partial charge in [0.1, 0.15) is 0 Å². The summed E-state index contributed by atoms with van der Waals surface area (Å²) in [5.41, 5.74) is 8.84. The average Bonchev–Trinajstić information content (AvgIpc) is 3.19. The van der Waals surface area contributed by atoms with Crippen molar-refractivity contribution in [3.8, 4) is 11.3 Å². The molecule has 0 aliphatic carbocycles. The Kier molecular flexibility index (Phi) is 5.49. The molecular weight excluding hydrogens is 352 g/mol. The molecule has 1 aliphatic rings. The van der Waals surface area contributed by atoms with Crippen LogP contribution in [0.2, 0.25) is 0 Å². The molecule has 0 saturated carbocycles. The lowest BCUT2D eigenvalue weighted by atomic mass is 10.1. The van der Waals surface area contributed by atoms with E-state index in [-0.39, 0.29) is 0 Å². The molecule has 1 saturated heterocycles. The zero-order valence-corrected chi connectivity index (χ0v) is 16.4. The predicted octanol–water partition coefficient (Wildman–Crippen LogP) is 5.55. The van der Waals surface area contributed by atoms with Crippen LogP contribution in [0.1, 0.15) is 30.4 Å². The number of nitrogens with zero attached hydrogens (tertiary/aromatic N) is 3. The summed E-state index contributed by atoms with van der Waals surface area (Å²) in [6, 6.07) is 16.8. The molecule has 2 heterocycles. The molecule has 0 amide bonds. The lowest BCUT2D eigenvalue weighted by molar-refractivity contribution is 0.578. The second kappa shape index (κ2) is 8.35. The Labute approximate surface area is 164 Å². The van der Waals surface area contributed by atoms with E-state index >= 15 is 0 Å². The van der Waals surface area contributed by atoms with Gasteiger partial charge in [-0.05, 0) is 49.4 Å². The maximum Gasteiger partial charge on any atom is 0.203 e. The van der Waals surface area contributed by atoms with Crippen LogP contribution in [0.4, 0.5) is 10.8 Å². The van der Waals surface area contributed by atoms with Gasteiger partial charge in [-0.2, -0.15) is 5.10 Å². The second-order valence-electron chi connectivity index (χ2n) is 6.86. The lowest BCUT2D eigenvalue weighted by Crippen LogP contribution is -2.29. The average molecular weight is 377 g/mol. The van der Waals surface area contributed by atoms with Crippen LogP contribution >= 0.6 is 11.3 Å². The number of hydrogen-bond donors (Lipinski definition) is 1. The third-order valence-electron chi connectivity index (χ3n) is 4.91. The fourth-order valence-electron chi connectivity index (χ4n) is 3.38. The van der Waals surface area contributed by atoms with Crippen LogP contribution in [-0.4, -0.2) is 24.3 Å². The molecule has 1 N–H and O–H groups in total. The summed E-state index contributed by atoms with van der Waals surface area (Å²) in [5.74, 6) is 0. The predicted molar refractivity (Wildman–Crippen MR) is 116 cm³/mol. The van der Waals surface area contributed by atoms with Crippen LogP contribution in [0, 0.1) is 6.92 Å². The van der Waals surface area contributed by atoms with Gasteiger partial charge >= 0.3 is 0 Å². The zero-order valence-electron chi connectivity index (χ0n) is 15.6. The summed E-state index contributed by atoms with van der Waals surface area (Å²) in [6.07, 6.45) is 5.82. The number of benzene rings is 2. The maximum atomic E-state index is 4.60. The van der Waals surface area contributed by atoms with Gasteiger partial charge in [0.05, 0.1) is 11.9 Å². The van der Waals surface area contributed by atoms with E-state index in [1.807, 2.05) is 29.8 Å². The summed E-state index contributed by atoms with van der Waals surface area (Å²) < 4.78 is 0. The quantitative estimate of drug-likeness (QED) is 0.468. The number of hydrogen-bond acceptors (Lipinski definition) is 5. The van der Waals surface area contributed by atoms with E-state index in [0.29, 0.717) is 0 Å². The molecular formula is C22H24N4S. The van der Waals surface area contributed by atoms with Gasteiger partial charge < -0.3 is 4.90 Å². The van der Waals surface area contributed by atoms with E-state index in [2.05, 4.69) is 57.7 Å². The van der Waals surface area contributed by atoms with E-state index in [4.69, 9.17) is 0 Å². The van der Waals surface area contributed by atoms with Crippen LogP contribution in [-0.2, 0) is 0 Å². The third kappa shape index (κ3) is 4.37. The number of anilines is 2. The van der Waals surface area contributed by atoms with E-state index in [1.54, 1.807) is 11.3 Å². The van der Waals surface area contributed by atoms with Crippen molar-refractivity contribution in [2.75, 3.05) is 23.4 Å². The molecule has 3 aromatic rings. The van der Waals surface area contributed by atoms with Crippen molar-refractivity contribution in [2.24, 2.45) is 5.10 Å². The van der Waals surface area contributed by atoms with Gasteiger partial charge in [0, 0.05) is 29.7 Å². The molecule has 4 nitrogen and oxygen atoms in total. The third-order valence-corrected chi connectivity index (χ3v) is 5.66. The minimum Gasteiger partial charge on any atom is -0.372 e. The molecule has 0 spiro atoms. The Balaban J connectivity index is 1.40. The number of nitrogens with one attached hydrogen (secondary N) is 1. The van der Waals surface area contributed by atoms with E-state index in [0.717, 1.165) is 22.0 Å². The molecule has 5 heteroatoms. The highest BCUT2D eigenvalue weighted by atomic mass is 32.1. The SMILES string of the molecule is Cc1cc(N2CCCCC2)ccc1C=NNc1nc(-c2ccccc2)cs1. The minimum absolute atomic E-state index is 0.799. The Morgan fingerprint density at radius 1 is 1.07 bits per heavy atom. The Morgan fingerprint density at radius 2 is 1.89 bits per heavy atom. The van der Waals surface area contributed by atoms with Crippen molar-refractivity contribution in [1.29, 1.82) is 0 Å². The Hall–Kier alpha value is -2.66. The summed E-state index contributed by atoms with van der Waals surface area (Å²) in [4.78, 5) is 7.08. The molecule has 0 radical (unpaired) electrons. The summed E-state index contributed by atoms with van der Waals surface area (Å²) in [6.45, 7) is 4.48. The first-order valence-corrected chi connectivity index (χ1v) is 10.3. The summed E-state index contributed by atoms with van der Waals surface area (Å²) in [5, 5.41) is 7.23. The van der Waals surface area contributed by atoms with Gasteiger partial charge in [0.25, 0.3) is 0 Å². The van der Waals surface area contributed by atoms with Gasteiger partial charge in [0.15, 0.2) is 0 Å². The van der Waals surface area contributed by atoms with Crippen LogP contribution in [0.15, 0.2) is 59.0 Å². The minimum atomic E-state index is 0.799. The number of rotatable bonds is 5. The number of hydrazone groups is 1. The van der Waals surface area contributed by atoms with Crippen molar-refractivity contribution >= 4 is 28.4 Å². The molecule has 2 aromatic carbocycles. The molecule has 0 unspecified atom stereocenters. The highest BCUT2D eigenvalue weighted by molar-refractivity contribution is 7.14. The largest absolute Gasteiger partial charge is 0.372 e. The molecule has 4 rings (SSSR count). The fraction of sp³-hybridized carbons (Fsp3) is 0.273. The Morgan fingerprint density at radius 3 is 2.67 bits per heavy atom. The van der Waals surface area contributed by atoms with Gasteiger partial charge in [-0.25, -0.2) is 4.98 Å². The van der Waals surface area contributed by atoms with Gasteiger partial charge in [-0.3, -0.25) is 5.43 Å². The second-order valence-corrected chi connectivity index (χ2v) is 7.72. The smallest absolute Gasteiger partial charge is 0.203 e.